The van der Waals surface area contributed by atoms with Crippen molar-refractivity contribution in [1.29, 1.82) is 0 Å². The van der Waals surface area contributed by atoms with E-state index >= 15 is 0 Å². The summed E-state index contributed by atoms with van der Waals surface area (Å²) in [6.07, 6.45) is -0.177. The van der Waals surface area contributed by atoms with Crippen LogP contribution in [0.1, 0.15) is 6.42 Å². The van der Waals surface area contributed by atoms with Gasteiger partial charge in [0.25, 0.3) is 0 Å². The van der Waals surface area contributed by atoms with E-state index in [1.165, 1.54) is 0 Å². The van der Waals surface area contributed by atoms with Crippen molar-refractivity contribution in [3.05, 3.63) is 0 Å². The van der Waals surface area contributed by atoms with Gasteiger partial charge in [-0.05, 0) is 7.05 Å². The minimum absolute atomic E-state index is 0.338. The number of rotatable bonds is 1. The second kappa shape index (κ2) is 2.42. The first-order valence-corrected chi connectivity index (χ1v) is 2.87. The van der Waals surface area contributed by atoms with Gasteiger partial charge < -0.3 is 5.32 Å². The maximum absolute atomic E-state index is 12.2. The summed E-state index contributed by atoms with van der Waals surface area (Å²) in [5.41, 5.74) is 0. The van der Waals surface area contributed by atoms with Crippen molar-refractivity contribution in [3.8, 4) is 0 Å². The highest BCUT2D eigenvalue weighted by molar-refractivity contribution is 4.78. The van der Waals surface area contributed by atoms with Crippen molar-refractivity contribution in [2.45, 2.75) is 18.8 Å². The van der Waals surface area contributed by atoms with E-state index in [-0.39, 0.29) is 0 Å². The Bertz CT molecular complexity index is 76.8. The molecule has 2 N–H and O–H groups in total. The first-order valence-electron chi connectivity index (χ1n) is 2.87. The first-order chi connectivity index (χ1) is 3.83. The molecule has 48 valence electrons. The SMILES string of the molecule is CNC1CNC(F)C1. The summed E-state index contributed by atoms with van der Waals surface area (Å²) < 4.78 is 12.2. The fraction of sp³-hybridized carbons (Fsp3) is 1.00. The van der Waals surface area contributed by atoms with Gasteiger partial charge in [-0.3, -0.25) is 5.32 Å². The van der Waals surface area contributed by atoms with Crippen molar-refractivity contribution < 1.29 is 4.39 Å². The molecule has 0 aromatic rings. The molecule has 0 aromatic carbocycles. The molecule has 0 amide bonds. The van der Waals surface area contributed by atoms with Gasteiger partial charge in [0, 0.05) is 19.0 Å². The second-order valence-electron chi connectivity index (χ2n) is 2.10. The lowest BCUT2D eigenvalue weighted by Crippen LogP contribution is -2.26. The minimum atomic E-state index is -0.785. The molecule has 0 aromatic heterocycles. The molecule has 0 bridgehead atoms. The topological polar surface area (TPSA) is 24.1 Å². The van der Waals surface area contributed by atoms with Crippen LogP contribution in [0.25, 0.3) is 0 Å². The van der Waals surface area contributed by atoms with E-state index < -0.39 is 6.30 Å². The molecule has 8 heavy (non-hydrogen) atoms. The lowest BCUT2D eigenvalue weighted by Gasteiger charge is -2.02. The van der Waals surface area contributed by atoms with E-state index in [1.807, 2.05) is 7.05 Å². The maximum Gasteiger partial charge on any atom is 0.152 e. The Morgan fingerprint density at radius 1 is 1.75 bits per heavy atom. The van der Waals surface area contributed by atoms with Crippen LogP contribution in [0.15, 0.2) is 0 Å². The van der Waals surface area contributed by atoms with Crippen LogP contribution < -0.4 is 10.6 Å². The fourth-order valence-electron chi connectivity index (χ4n) is 0.907. The number of hydrogen-bond donors (Lipinski definition) is 2. The van der Waals surface area contributed by atoms with E-state index in [9.17, 15) is 4.39 Å². The molecule has 1 heterocycles. The van der Waals surface area contributed by atoms with Crippen molar-refractivity contribution in [1.82, 2.24) is 10.6 Å². The van der Waals surface area contributed by atoms with E-state index in [4.69, 9.17) is 0 Å². The van der Waals surface area contributed by atoms with Crippen LogP contribution in [-0.4, -0.2) is 25.9 Å². The van der Waals surface area contributed by atoms with Gasteiger partial charge in [-0.15, -0.1) is 0 Å². The Kier molecular flexibility index (Phi) is 1.81. The first kappa shape index (κ1) is 5.98. The van der Waals surface area contributed by atoms with E-state index in [0.717, 1.165) is 6.54 Å². The van der Waals surface area contributed by atoms with E-state index in [1.54, 1.807) is 0 Å². The fourth-order valence-corrected chi connectivity index (χ4v) is 0.907. The molecule has 1 aliphatic rings. The third kappa shape index (κ3) is 1.17. The van der Waals surface area contributed by atoms with Crippen LogP contribution in [0.2, 0.25) is 0 Å². The van der Waals surface area contributed by atoms with Crippen LogP contribution in [0.3, 0.4) is 0 Å². The monoisotopic (exact) mass is 118 g/mol. The number of nitrogens with one attached hydrogen (secondary N) is 2. The van der Waals surface area contributed by atoms with Gasteiger partial charge in [0.1, 0.15) is 0 Å². The third-order valence-corrected chi connectivity index (χ3v) is 1.49. The Labute approximate surface area is 48.5 Å². The standard InChI is InChI=1S/C5H11FN2/c1-7-4-2-5(6)8-3-4/h4-5,7-8H,2-3H2,1H3. The summed E-state index contributed by atoms with van der Waals surface area (Å²) in [6.45, 7) is 0.762. The van der Waals surface area contributed by atoms with Gasteiger partial charge in [0.2, 0.25) is 0 Å². The second-order valence-corrected chi connectivity index (χ2v) is 2.10. The molecule has 2 nitrogen and oxygen atoms in total. The molecule has 2 atom stereocenters. The van der Waals surface area contributed by atoms with Gasteiger partial charge in [0.15, 0.2) is 6.30 Å². The summed E-state index contributed by atoms with van der Waals surface area (Å²) >= 11 is 0. The highest BCUT2D eigenvalue weighted by atomic mass is 19.1. The van der Waals surface area contributed by atoms with Crippen LogP contribution >= 0.6 is 0 Å². The molecule has 3 heteroatoms. The van der Waals surface area contributed by atoms with E-state index in [2.05, 4.69) is 10.6 Å². The molecule has 0 spiro atoms. The van der Waals surface area contributed by atoms with Gasteiger partial charge in [-0.1, -0.05) is 0 Å². The zero-order valence-corrected chi connectivity index (χ0v) is 4.95. The largest absolute Gasteiger partial charge is 0.316 e. The lowest BCUT2D eigenvalue weighted by molar-refractivity contribution is 0.306. The zero-order valence-electron chi connectivity index (χ0n) is 4.95. The smallest absolute Gasteiger partial charge is 0.152 e. The molecular weight excluding hydrogens is 107 g/mol. The molecule has 1 saturated heterocycles. The quantitative estimate of drug-likeness (QED) is 0.468. The van der Waals surface area contributed by atoms with Crippen molar-refractivity contribution >= 4 is 0 Å². The highest BCUT2D eigenvalue weighted by Crippen LogP contribution is 2.05. The molecule has 0 radical (unpaired) electrons. The van der Waals surface area contributed by atoms with Crippen molar-refractivity contribution in [2.75, 3.05) is 13.6 Å². The highest BCUT2D eigenvalue weighted by Gasteiger charge is 2.20. The predicted octanol–water partition coefficient (Wildman–Crippen LogP) is -0.137. The summed E-state index contributed by atoms with van der Waals surface area (Å²) in [7, 11) is 1.85. The Balaban J connectivity index is 2.22. The molecule has 1 fully saturated rings. The van der Waals surface area contributed by atoms with Crippen LogP contribution in [0.5, 0.6) is 0 Å². The predicted molar refractivity (Wildman–Crippen MR) is 30.4 cm³/mol. The Hall–Kier alpha value is -0.150. The van der Waals surface area contributed by atoms with Crippen molar-refractivity contribution in [3.63, 3.8) is 0 Å². The average molecular weight is 118 g/mol. The Morgan fingerprint density at radius 2 is 2.50 bits per heavy atom. The summed E-state index contributed by atoms with van der Waals surface area (Å²) in [5.74, 6) is 0. The zero-order chi connectivity index (χ0) is 5.98. The van der Waals surface area contributed by atoms with Crippen LogP contribution in [-0.2, 0) is 0 Å². The molecular formula is C5H11FN2. The Morgan fingerprint density at radius 3 is 2.75 bits per heavy atom. The summed E-state index contributed by atoms with van der Waals surface area (Å²) in [6, 6.07) is 0.338. The van der Waals surface area contributed by atoms with Crippen molar-refractivity contribution in [2.24, 2.45) is 0 Å². The molecule has 1 aliphatic heterocycles. The van der Waals surface area contributed by atoms with Crippen LogP contribution in [0, 0.1) is 0 Å². The van der Waals surface area contributed by atoms with Gasteiger partial charge in [-0.2, -0.15) is 0 Å². The average Bonchev–Trinajstić information content (AvgIpc) is 2.14. The van der Waals surface area contributed by atoms with Gasteiger partial charge >= 0.3 is 0 Å². The van der Waals surface area contributed by atoms with E-state index in [0.29, 0.717) is 12.5 Å². The number of alkyl halides is 1. The molecule has 0 aliphatic carbocycles. The third-order valence-electron chi connectivity index (χ3n) is 1.49. The molecule has 1 rings (SSSR count). The molecule has 0 saturated carbocycles. The summed E-state index contributed by atoms with van der Waals surface area (Å²) in [5, 5.41) is 5.68. The normalized spacial score (nSPS) is 38.2. The maximum atomic E-state index is 12.2. The number of halogens is 1. The number of hydrogen-bond acceptors (Lipinski definition) is 2. The molecule has 2 unspecified atom stereocenters. The van der Waals surface area contributed by atoms with Gasteiger partial charge in [-0.25, -0.2) is 4.39 Å². The summed E-state index contributed by atoms with van der Waals surface area (Å²) in [4.78, 5) is 0. The lowest BCUT2D eigenvalue weighted by atomic mass is 10.3. The van der Waals surface area contributed by atoms with Gasteiger partial charge in [0.05, 0.1) is 0 Å². The number of likely N-dealkylation sites (N-methyl/N-ethyl adjacent to an activating group) is 1. The minimum Gasteiger partial charge on any atom is -0.316 e. The van der Waals surface area contributed by atoms with Crippen LogP contribution in [0.4, 0.5) is 4.39 Å².